The van der Waals surface area contributed by atoms with E-state index in [0.717, 1.165) is 60.3 Å². The Hall–Kier alpha value is -2.68. The Kier molecular flexibility index (Phi) is 9.71. The third kappa shape index (κ3) is 6.29. The normalized spacial score (nSPS) is 33.3. The van der Waals surface area contributed by atoms with Crippen molar-refractivity contribution in [2.45, 2.75) is 124 Å². The number of carbonyl (C=O) groups is 2. The van der Waals surface area contributed by atoms with Crippen molar-refractivity contribution in [3.05, 3.63) is 82.9 Å². The summed E-state index contributed by atoms with van der Waals surface area (Å²) in [4.78, 5) is 26.5. The van der Waals surface area contributed by atoms with Crippen molar-refractivity contribution < 1.29 is 14.3 Å². The van der Waals surface area contributed by atoms with Crippen molar-refractivity contribution >= 4 is 11.8 Å². The Morgan fingerprint density at radius 2 is 1.61 bits per heavy atom. The maximum absolute atomic E-state index is 13.4. The van der Waals surface area contributed by atoms with E-state index in [2.05, 4.69) is 40.7 Å². The van der Waals surface area contributed by atoms with Crippen LogP contribution in [0.25, 0.3) is 0 Å². The second-order valence-electron chi connectivity index (χ2n) is 16.6. The Labute approximate surface area is 279 Å². The monoisotopic (exact) mass is 622 g/mol. The molecule has 2 aromatic carbocycles. The van der Waals surface area contributed by atoms with E-state index in [1.54, 1.807) is 5.57 Å². The van der Waals surface area contributed by atoms with Crippen molar-refractivity contribution in [2.75, 3.05) is 0 Å². The SMILES string of the molecule is CC(C)CCC[C@@H](C)[C@H]1CC[C@H]2[C@@H]3CC=C4C[C@H](OC(=O)[C@@H](C)c5cccc(C(=O)c6ccccc6)c5)CC[C@]4(C)[C@H]3CC[C@]12C. The number of ether oxygens (including phenoxy) is 1. The highest BCUT2D eigenvalue weighted by molar-refractivity contribution is 6.09. The molecule has 0 saturated heterocycles. The lowest BCUT2D eigenvalue weighted by atomic mass is 9.47. The van der Waals surface area contributed by atoms with Crippen LogP contribution in [-0.4, -0.2) is 17.9 Å². The van der Waals surface area contributed by atoms with Gasteiger partial charge in [-0.05, 0) is 110 Å². The fourth-order valence-corrected chi connectivity index (χ4v) is 10.9. The van der Waals surface area contributed by atoms with E-state index < -0.39 is 5.92 Å². The number of carbonyl (C=O) groups excluding carboxylic acids is 2. The van der Waals surface area contributed by atoms with Crippen molar-refractivity contribution in [3.63, 3.8) is 0 Å². The fraction of sp³-hybridized carbons (Fsp3) is 0.628. The van der Waals surface area contributed by atoms with Crippen LogP contribution in [-0.2, 0) is 9.53 Å². The molecule has 0 N–H and O–H groups in total. The first-order valence-electron chi connectivity index (χ1n) is 18.6. The molecule has 3 fully saturated rings. The number of ketones is 1. The molecule has 6 rings (SSSR count). The van der Waals surface area contributed by atoms with Gasteiger partial charge in [0.2, 0.25) is 0 Å². The zero-order valence-corrected chi connectivity index (χ0v) is 29.4. The number of fused-ring (bicyclic) bond motifs is 5. The Morgan fingerprint density at radius 3 is 2.37 bits per heavy atom. The van der Waals surface area contributed by atoms with Crippen LogP contribution in [0.5, 0.6) is 0 Å². The molecule has 248 valence electrons. The molecule has 4 aliphatic carbocycles. The standard InChI is InChI=1S/C43H58O3/c1-28(2)12-10-13-29(3)37-20-21-38-36-19-18-34-27-35(22-24-42(34,5)39(36)23-25-43(37,38)6)46-41(45)30(4)32-16-11-17-33(26-32)40(44)31-14-8-7-9-15-31/h7-9,11,14-18,26,28-30,35-39H,10,12-13,19-25,27H2,1-6H3/t29-,30+,35-,36+,37-,38+,39+,42+,43-/m1/s1. The van der Waals surface area contributed by atoms with E-state index >= 15 is 0 Å². The molecular weight excluding hydrogens is 564 g/mol. The topological polar surface area (TPSA) is 43.4 Å². The van der Waals surface area contributed by atoms with Crippen LogP contribution in [0.1, 0.15) is 140 Å². The van der Waals surface area contributed by atoms with Gasteiger partial charge in [0, 0.05) is 17.5 Å². The van der Waals surface area contributed by atoms with Crippen LogP contribution >= 0.6 is 0 Å². The molecule has 3 heteroatoms. The van der Waals surface area contributed by atoms with E-state index in [1.165, 1.54) is 51.4 Å². The summed E-state index contributed by atoms with van der Waals surface area (Å²) in [6.07, 6.45) is 16.4. The van der Waals surface area contributed by atoms with E-state index in [0.29, 0.717) is 16.5 Å². The summed E-state index contributed by atoms with van der Waals surface area (Å²) in [6.45, 7) is 14.4. The minimum atomic E-state index is -0.416. The van der Waals surface area contributed by atoms with Gasteiger partial charge in [0.05, 0.1) is 5.92 Å². The zero-order valence-electron chi connectivity index (χ0n) is 29.4. The van der Waals surface area contributed by atoms with Gasteiger partial charge in [0.25, 0.3) is 0 Å². The summed E-state index contributed by atoms with van der Waals surface area (Å²) in [5.74, 6) is 4.36. The van der Waals surface area contributed by atoms with Crippen LogP contribution in [0, 0.1) is 46.3 Å². The molecule has 4 aliphatic rings. The minimum absolute atomic E-state index is 0.0237. The molecule has 0 aromatic heterocycles. The number of hydrogen-bond acceptors (Lipinski definition) is 3. The smallest absolute Gasteiger partial charge is 0.313 e. The summed E-state index contributed by atoms with van der Waals surface area (Å²) in [6, 6.07) is 16.8. The van der Waals surface area contributed by atoms with Crippen molar-refractivity contribution in [1.29, 1.82) is 0 Å². The van der Waals surface area contributed by atoms with E-state index in [9.17, 15) is 9.59 Å². The average molecular weight is 623 g/mol. The van der Waals surface area contributed by atoms with Gasteiger partial charge in [-0.25, -0.2) is 0 Å². The van der Waals surface area contributed by atoms with Gasteiger partial charge < -0.3 is 4.74 Å². The van der Waals surface area contributed by atoms with Gasteiger partial charge in [-0.15, -0.1) is 0 Å². The second-order valence-corrected chi connectivity index (χ2v) is 16.6. The van der Waals surface area contributed by atoms with Crippen molar-refractivity contribution in [3.8, 4) is 0 Å². The Morgan fingerprint density at radius 1 is 0.848 bits per heavy atom. The maximum Gasteiger partial charge on any atom is 0.313 e. The third-order valence-corrected chi connectivity index (χ3v) is 13.6. The molecule has 0 heterocycles. The second kappa shape index (κ2) is 13.4. The fourth-order valence-electron chi connectivity index (χ4n) is 10.9. The molecule has 0 aliphatic heterocycles. The lowest BCUT2D eigenvalue weighted by molar-refractivity contribution is -0.153. The summed E-state index contributed by atoms with van der Waals surface area (Å²) >= 11 is 0. The van der Waals surface area contributed by atoms with Crippen LogP contribution in [0.2, 0.25) is 0 Å². The largest absolute Gasteiger partial charge is 0.462 e. The van der Waals surface area contributed by atoms with Gasteiger partial charge in [0.15, 0.2) is 5.78 Å². The zero-order chi connectivity index (χ0) is 32.6. The predicted octanol–water partition coefficient (Wildman–Crippen LogP) is 11.0. The highest BCUT2D eigenvalue weighted by atomic mass is 16.5. The van der Waals surface area contributed by atoms with Crippen molar-refractivity contribution in [2.24, 2.45) is 46.3 Å². The summed E-state index contributed by atoms with van der Waals surface area (Å²) < 4.78 is 6.23. The van der Waals surface area contributed by atoms with E-state index in [4.69, 9.17) is 4.74 Å². The number of allylic oxidation sites excluding steroid dienone is 1. The number of rotatable bonds is 10. The van der Waals surface area contributed by atoms with Crippen LogP contribution in [0.3, 0.4) is 0 Å². The first kappa shape index (κ1) is 33.2. The summed E-state index contributed by atoms with van der Waals surface area (Å²) in [5.41, 5.74) is 4.40. The molecule has 0 spiro atoms. The predicted molar refractivity (Wildman–Crippen MR) is 188 cm³/mol. The quantitative estimate of drug-likeness (QED) is 0.150. The van der Waals surface area contributed by atoms with Gasteiger partial charge in [0.1, 0.15) is 6.10 Å². The van der Waals surface area contributed by atoms with E-state index in [1.807, 2.05) is 61.5 Å². The van der Waals surface area contributed by atoms with Crippen LogP contribution in [0.4, 0.5) is 0 Å². The van der Waals surface area contributed by atoms with Crippen molar-refractivity contribution in [1.82, 2.24) is 0 Å². The van der Waals surface area contributed by atoms with Gasteiger partial charge in [-0.1, -0.05) is 114 Å². The summed E-state index contributed by atoms with van der Waals surface area (Å²) in [5, 5.41) is 0. The lowest BCUT2D eigenvalue weighted by Crippen LogP contribution is -2.51. The number of hydrogen-bond donors (Lipinski definition) is 0. The highest BCUT2D eigenvalue weighted by Crippen LogP contribution is 2.67. The minimum Gasteiger partial charge on any atom is -0.462 e. The van der Waals surface area contributed by atoms with E-state index in [-0.39, 0.29) is 23.3 Å². The van der Waals surface area contributed by atoms with Crippen LogP contribution in [0.15, 0.2) is 66.2 Å². The molecule has 0 radical (unpaired) electrons. The lowest BCUT2D eigenvalue weighted by Gasteiger charge is -2.58. The van der Waals surface area contributed by atoms with Gasteiger partial charge in [-0.3, -0.25) is 9.59 Å². The van der Waals surface area contributed by atoms with Crippen LogP contribution < -0.4 is 0 Å². The molecule has 0 bridgehead atoms. The highest BCUT2D eigenvalue weighted by Gasteiger charge is 2.59. The van der Waals surface area contributed by atoms with Gasteiger partial charge >= 0.3 is 5.97 Å². The first-order valence-corrected chi connectivity index (χ1v) is 18.6. The number of benzene rings is 2. The summed E-state index contributed by atoms with van der Waals surface area (Å²) in [7, 11) is 0. The molecule has 2 aromatic rings. The molecule has 3 nitrogen and oxygen atoms in total. The molecule has 0 unspecified atom stereocenters. The maximum atomic E-state index is 13.4. The van der Waals surface area contributed by atoms with Gasteiger partial charge in [-0.2, -0.15) is 0 Å². The Balaban J connectivity index is 1.09. The molecule has 3 saturated carbocycles. The molecular formula is C43H58O3. The molecule has 9 atom stereocenters. The molecule has 0 amide bonds. The third-order valence-electron chi connectivity index (χ3n) is 13.6. The Bertz CT molecular complexity index is 1420. The first-order chi connectivity index (χ1) is 22.0. The molecule has 46 heavy (non-hydrogen) atoms. The average Bonchev–Trinajstić information content (AvgIpc) is 3.41. The number of esters is 1.